The molecule has 0 atom stereocenters. The van der Waals surface area contributed by atoms with Gasteiger partial charge in [-0.25, -0.2) is 4.98 Å². The molecule has 156 valence electrons. The molecule has 3 heterocycles. The number of imidazole rings is 1. The Kier molecular flexibility index (Phi) is 6.72. The highest BCUT2D eigenvalue weighted by Gasteiger charge is 2.20. The fraction of sp³-hybridized carbons (Fsp3) is 0.750. The van der Waals surface area contributed by atoms with Crippen molar-refractivity contribution in [1.82, 2.24) is 24.4 Å². The first-order valence-corrected chi connectivity index (χ1v) is 10.4. The van der Waals surface area contributed by atoms with Crippen LogP contribution in [0, 0.1) is 0 Å². The van der Waals surface area contributed by atoms with Crippen molar-refractivity contribution in [2.75, 3.05) is 49.6 Å². The number of fused-ring (bicyclic) bond motifs is 1. The van der Waals surface area contributed by atoms with Crippen LogP contribution in [0.1, 0.15) is 47.6 Å². The number of nitrogens with one attached hydrogen (secondary N) is 1. The molecule has 0 unspecified atom stereocenters. The van der Waals surface area contributed by atoms with E-state index in [9.17, 15) is 0 Å². The smallest absolute Gasteiger partial charge is 0.229 e. The molecule has 1 saturated heterocycles. The van der Waals surface area contributed by atoms with E-state index in [1.54, 1.807) is 0 Å². The topological polar surface area (TPSA) is 71.3 Å². The normalized spacial score (nSPS) is 15.6. The van der Waals surface area contributed by atoms with Crippen LogP contribution in [0.15, 0.2) is 6.33 Å². The van der Waals surface area contributed by atoms with Crippen molar-refractivity contribution in [1.29, 1.82) is 0 Å². The second-order valence-electron chi connectivity index (χ2n) is 8.24. The standard InChI is InChI=1S/C20H35N7O/c1-14(2)26(15(3)4)8-7-21-18-17-19(27(13-22-17)16(5)6)24-20(23-18)25-9-11-28-12-10-25/h13-16H,7-12H2,1-6H3,(H,21,23,24). The van der Waals surface area contributed by atoms with Gasteiger partial charge in [0.25, 0.3) is 0 Å². The van der Waals surface area contributed by atoms with E-state index in [1.807, 2.05) is 6.33 Å². The van der Waals surface area contributed by atoms with Crippen molar-refractivity contribution in [3.8, 4) is 0 Å². The lowest BCUT2D eigenvalue weighted by Crippen LogP contribution is -2.40. The number of anilines is 2. The lowest BCUT2D eigenvalue weighted by molar-refractivity contribution is 0.122. The Bertz CT molecular complexity index is 757. The molecule has 0 saturated carbocycles. The van der Waals surface area contributed by atoms with Crippen LogP contribution in [0.4, 0.5) is 11.8 Å². The summed E-state index contributed by atoms with van der Waals surface area (Å²) in [7, 11) is 0. The van der Waals surface area contributed by atoms with E-state index in [2.05, 4.69) is 66.2 Å². The zero-order valence-electron chi connectivity index (χ0n) is 18.1. The van der Waals surface area contributed by atoms with Crippen LogP contribution in [0.5, 0.6) is 0 Å². The number of hydrogen-bond donors (Lipinski definition) is 1. The summed E-state index contributed by atoms with van der Waals surface area (Å²) in [6.07, 6.45) is 1.87. The molecule has 1 aliphatic rings. The molecule has 0 aliphatic carbocycles. The van der Waals surface area contributed by atoms with Crippen molar-refractivity contribution in [2.45, 2.75) is 59.7 Å². The van der Waals surface area contributed by atoms with Crippen molar-refractivity contribution in [3.63, 3.8) is 0 Å². The van der Waals surface area contributed by atoms with Crippen LogP contribution >= 0.6 is 0 Å². The number of aromatic nitrogens is 4. The average molecular weight is 390 g/mol. The first-order valence-electron chi connectivity index (χ1n) is 10.4. The molecule has 1 N–H and O–H groups in total. The van der Waals surface area contributed by atoms with Crippen LogP contribution in [0.2, 0.25) is 0 Å². The number of morpholine rings is 1. The van der Waals surface area contributed by atoms with Crippen molar-refractivity contribution >= 4 is 22.9 Å². The SMILES string of the molecule is CC(C)N(CCNc1nc(N2CCOCC2)nc2c1ncn2C(C)C)C(C)C. The second kappa shape index (κ2) is 9.05. The van der Waals surface area contributed by atoms with E-state index in [0.29, 0.717) is 31.3 Å². The van der Waals surface area contributed by atoms with Crippen LogP contribution < -0.4 is 10.2 Å². The predicted molar refractivity (Wildman–Crippen MR) is 114 cm³/mol. The zero-order valence-corrected chi connectivity index (χ0v) is 18.1. The highest BCUT2D eigenvalue weighted by Crippen LogP contribution is 2.25. The fourth-order valence-electron chi connectivity index (χ4n) is 3.73. The van der Waals surface area contributed by atoms with Crippen LogP contribution in [0.3, 0.4) is 0 Å². The van der Waals surface area contributed by atoms with Gasteiger partial charge in [-0.15, -0.1) is 0 Å². The minimum atomic E-state index is 0.294. The van der Waals surface area contributed by atoms with E-state index in [-0.39, 0.29) is 0 Å². The summed E-state index contributed by atoms with van der Waals surface area (Å²) in [4.78, 5) is 19.0. The van der Waals surface area contributed by atoms with Gasteiger partial charge < -0.3 is 19.5 Å². The molecule has 8 heteroatoms. The Morgan fingerprint density at radius 3 is 2.36 bits per heavy atom. The molecule has 0 amide bonds. The van der Waals surface area contributed by atoms with E-state index >= 15 is 0 Å². The summed E-state index contributed by atoms with van der Waals surface area (Å²) in [6, 6.07) is 1.32. The summed E-state index contributed by atoms with van der Waals surface area (Å²) in [5, 5.41) is 3.53. The first-order chi connectivity index (χ1) is 13.4. The van der Waals surface area contributed by atoms with Crippen LogP contribution in [-0.4, -0.2) is 75.9 Å². The monoisotopic (exact) mass is 389 g/mol. The minimum absolute atomic E-state index is 0.294. The average Bonchev–Trinajstić information content (AvgIpc) is 3.09. The number of nitrogens with zero attached hydrogens (tertiary/aromatic N) is 6. The molecule has 0 radical (unpaired) electrons. The summed E-state index contributed by atoms with van der Waals surface area (Å²) < 4.78 is 7.60. The molecule has 1 fully saturated rings. The van der Waals surface area contributed by atoms with E-state index < -0.39 is 0 Å². The molecule has 2 aromatic heterocycles. The number of rotatable bonds is 8. The number of hydrogen-bond acceptors (Lipinski definition) is 7. The minimum Gasteiger partial charge on any atom is -0.378 e. The third-order valence-corrected chi connectivity index (χ3v) is 5.25. The van der Waals surface area contributed by atoms with Crippen molar-refractivity contribution < 1.29 is 4.74 Å². The van der Waals surface area contributed by atoms with Gasteiger partial charge in [-0.1, -0.05) is 0 Å². The van der Waals surface area contributed by atoms with Crippen LogP contribution in [0.25, 0.3) is 11.2 Å². The van der Waals surface area contributed by atoms with E-state index in [0.717, 1.165) is 49.1 Å². The maximum atomic E-state index is 5.49. The molecule has 0 aromatic carbocycles. The second-order valence-corrected chi connectivity index (χ2v) is 8.24. The molecular weight excluding hydrogens is 354 g/mol. The quantitative estimate of drug-likeness (QED) is 0.744. The van der Waals surface area contributed by atoms with Crippen molar-refractivity contribution in [3.05, 3.63) is 6.33 Å². The van der Waals surface area contributed by atoms with Crippen molar-refractivity contribution in [2.24, 2.45) is 0 Å². The highest BCUT2D eigenvalue weighted by atomic mass is 16.5. The molecule has 28 heavy (non-hydrogen) atoms. The lowest BCUT2D eigenvalue weighted by Gasteiger charge is -2.30. The third kappa shape index (κ3) is 4.55. The van der Waals surface area contributed by atoms with Gasteiger partial charge in [-0.05, 0) is 41.5 Å². The Morgan fingerprint density at radius 1 is 1.07 bits per heavy atom. The summed E-state index contributed by atoms with van der Waals surface area (Å²) in [5.74, 6) is 1.57. The summed E-state index contributed by atoms with van der Waals surface area (Å²) in [5.41, 5.74) is 1.73. The third-order valence-electron chi connectivity index (χ3n) is 5.25. The van der Waals surface area contributed by atoms with E-state index in [1.165, 1.54) is 0 Å². The predicted octanol–water partition coefficient (Wildman–Crippen LogP) is 2.77. The van der Waals surface area contributed by atoms with Gasteiger partial charge >= 0.3 is 0 Å². The van der Waals surface area contributed by atoms with E-state index in [4.69, 9.17) is 14.7 Å². The van der Waals surface area contributed by atoms with Gasteiger partial charge in [0.05, 0.1) is 19.5 Å². The highest BCUT2D eigenvalue weighted by molar-refractivity contribution is 5.84. The molecule has 0 bridgehead atoms. The molecule has 8 nitrogen and oxygen atoms in total. The molecule has 1 aliphatic heterocycles. The lowest BCUT2D eigenvalue weighted by atomic mass is 10.2. The van der Waals surface area contributed by atoms with Gasteiger partial charge in [-0.2, -0.15) is 9.97 Å². The summed E-state index contributed by atoms with van der Waals surface area (Å²) in [6.45, 7) is 18.1. The van der Waals surface area contributed by atoms with Crippen LogP contribution in [-0.2, 0) is 4.74 Å². The Hall–Kier alpha value is -1.93. The van der Waals surface area contributed by atoms with Gasteiger partial charge in [0, 0.05) is 44.3 Å². The molecular formula is C20H35N7O. The Morgan fingerprint density at radius 2 is 1.75 bits per heavy atom. The zero-order chi connectivity index (χ0) is 20.3. The maximum absolute atomic E-state index is 5.49. The number of ether oxygens (including phenoxy) is 1. The molecule has 0 spiro atoms. The van der Waals surface area contributed by atoms with Gasteiger partial charge in [0.2, 0.25) is 5.95 Å². The Balaban J connectivity index is 1.87. The molecule has 2 aromatic rings. The van der Waals surface area contributed by atoms with Gasteiger partial charge in [0.15, 0.2) is 17.0 Å². The summed E-state index contributed by atoms with van der Waals surface area (Å²) >= 11 is 0. The largest absolute Gasteiger partial charge is 0.378 e. The Labute approximate surface area is 168 Å². The molecule has 3 rings (SSSR count). The van der Waals surface area contributed by atoms with Gasteiger partial charge in [-0.3, -0.25) is 4.90 Å². The fourth-order valence-corrected chi connectivity index (χ4v) is 3.73. The van der Waals surface area contributed by atoms with Gasteiger partial charge in [0.1, 0.15) is 0 Å². The first kappa shape index (κ1) is 20.8. The maximum Gasteiger partial charge on any atom is 0.229 e.